The van der Waals surface area contributed by atoms with Crippen LogP contribution in [-0.4, -0.2) is 42.3 Å². The van der Waals surface area contributed by atoms with E-state index in [9.17, 15) is 4.79 Å². The van der Waals surface area contributed by atoms with Crippen LogP contribution >= 0.6 is 0 Å². The number of rotatable bonds is 6. The van der Waals surface area contributed by atoms with Crippen LogP contribution in [0.5, 0.6) is 5.75 Å². The summed E-state index contributed by atoms with van der Waals surface area (Å²) in [6.07, 6.45) is 5.64. The molecule has 0 bridgehead atoms. The molecule has 1 amide bonds. The van der Waals surface area contributed by atoms with E-state index in [0.717, 1.165) is 31.6 Å². The van der Waals surface area contributed by atoms with Gasteiger partial charge in [-0.15, -0.1) is 0 Å². The Bertz CT molecular complexity index is 1200. The summed E-state index contributed by atoms with van der Waals surface area (Å²) in [7, 11) is 2.17. The average Bonchev–Trinajstić information content (AvgIpc) is 3.30. The van der Waals surface area contributed by atoms with Crippen LogP contribution in [0, 0.1) is 0 Å². The minimum absolute atomic E-state index is 0.0124. The molecule has 0 saturated carbocycles. The first-order valence-corrected chi connectivity index (χ1v) is 12.4. The summed E-state index contributed by atoms with van der Waals surface area (Å²) in [5.74, 6) is 1.02. The predicted molar refractivity (Wildman–Crippen MR) is 140 cm³/mol. The van der Waals surface area contributed by atoms with E-state index in [-0.39, 0.29) is 11.6 Å². The molecular weight excluding hydrogens is 436 g/mol. The molecule has 0 aliphatic carbocycles. The summed E-state index contributed by atoms with van der Waals surface area (Å²) in [5.41, 5.74) is 5.68. The highest BCUT2D eigenvalue weighted by Crippen LogP contribution is 2.52. The Hall–Kier alpha value is -3.38. The molecule has 0 radical (unpaired) electrons. The van der Waals surface area contributed by atoms with E-state index in [1.807, 2.05) is 48.8 Å². The van der Waals surface area contributed by atoms with Crippen molar-refractivity contribution in [2.75, 3.05) is 30.4 Å². The fourth-order valence-electron chi connectivity index (χ4n) is 5.71. The van der Waals surface area contributed by atoms with Crippen LogP contribution in [-0.2, 0) is 11.8 Å². The molecule has 6 heteroatoms. The second-order valence-corrected chi connectivity index (χ2v) is 10.3. The lowest BCUT2D eigenvalue weighted by Crippen LogP contribution is -2.47. The van der Waals surface area contributed by atoms with Crippen LogP contribution in [0.25, 0.3) is 0 Å². The van der Waals surface area contributed by atoms with E-state index >= 15 is 0 Å². The van der Waals surface area contributed by atoms with Gasteiger partial charge in [-0.05, 0) is 71.8 Å². The van der Waals surface area contributed by atoms with Crippen LogP contribution < -0.4 is 15.0 Å². The minimum Gasteiger partial charge on any atom is -0.410 e. The van der Waals surface area contributed by atoms with Crippen molar-refractivity contribution in [1.82, 2.24) is 9.88 Å². The number of likely N-dealkylation sites (N-methyl/N-ethyl adjacent to an activating group) is 1. The molecule has 1 fully saturated rings. The highest BCUT2D eigenvalue weighted by molar-refractivity contribution is 5.86. The van der Waals surface area contributed by atoms with E-state index in [1.165, 1.54) is 22.4 Å². The van der Waals surface area contributed by atoms with Crippen LogP contribution in [0.3, 0.4) is 0 Å². The molecule has 1 aromatic heterocycles. The zero-order valence-electron chi connectivity index (χ0n) is 21.0. The lowest BCUT2D eigenvalue weighted by Gasteiger charge is -2.34. The van der Waals surface area contributed by atoms with Gasteiger partial charge < -0.3 is 9.64 Å². The summed E-state index contributed by atoms with van der Waals surface area (Å²) in [4.78, 5) is 21.8. The number of pyridine rings is 1. The highest BCUT2D eigenvalue weighted by atomic mass is 16.6. The molecule has 3 aromatic rings. The van der Waals surface area contributed by atoms with Gasteiger partial charge >= 0.3 is 6.09 Å². The van der Waals surface area contributed by atoms with Gasteiger partial charge in [0.05, 0.1) is 6.17 Å². The molecule has 0 spiro atoms. The van der Waals surface area contributed by atoms with Crippen LogP contribution in [0.15, 0.2) is 67.0 Å². The number of fused-ring (bicyclic) bond motifs is 3. The normalized spacial score (nSPS) is 21.2. The summed E-state index contributed by atoms with van der Waals surface area (Å²) in [6, 6.07) is 18.1. The third-order valence-corrected chi connectivity index (χ3v) is 7.61. The standard InChI is InChI=1S/C29H34N4O2/c1-20(2)22-7-9-23(10-8-22)31-28(34)35-24-11-12-26-25(18-24)29(3)14-17-33(27(29)32(26)4)16-13-21-6-5-15-30-19-21/h5-12,15,18-20,27H,13-14,16-17H2,1-4H3,(H,31,34)/t27?,29-/m0/s1. The van der Waals surface area contributed by atoms with Gasteiger partial charge in [0.25, 0.3) is 0 Å². The first-order chi connectivity index (χ1) is 16.8. The number of hydrogen-bond acceptors (Lipinski definition) is 5. The molecule has 1 N–H and O–H groups in total. The Morgan fingerprint density at radius 2 is 2.00 bits per heavy atom. The van der Waals surface area contributed by atoms with Crippen molar-refractivity contribution in [2.45, 2.75) is 51.1 Å². The number of ether oxygens (including phenoxy) is 1. The zero-order chi connectivity index (χ0) is 24.6. The van der Waals surface area contributed by atoms with Crippen molar-refractivity contribution in [3.05, 3.63) is 83.7 Å². The number of carbonyl (C=O) groups is 1. The van der Waals surface area contributed by atoms with Crippen molar-refractivity contribution >= 4 is 17.5 Å². The van der Waals surface area contributed by atoms with Gasteiger partial charge in [0, 0.05) is 49.3 Å². The number of aromatic nitrogens is 1. The molecule has 5 rings (SSSR count). The Morgan fingerprint density at radius 1 is 1.20 bits per heavy atom. The van der Waals surface area contributed by atoms with Gasteiger partial charge in [0.2, 0.25) is 0 Å². The summed E-state index contributed by atoms with van der Waals surface area (Å²) in [5, 5.41) is 2.84. The predicted octanol–water partition coefficient (Wildman–Crippen LogP) is 5.80. The molecule has 3 heterocycles. The summed E-state index contributed by atoms with van der Waals surface area (Å²) < 4.78 is 5.69. The molecule has 182 valence electrons. The Labute approximate surface area is 207 Å². The monoisotopic (exact) mass is 470 g/mol. The lowest BCUT2D eigenvalue weighted by atomic mass is 9.81. The quantitative estimate of drug-likeness (QED) is 0.494. The van der Waals surface area contributed by atoms with E-state index < -0.39 is 6.09 Å². The maximum Gasteiger partial charge on any atom is 0.417 e. The summed E-state index contributed by atoms with van der Waals surface area (Å²) >= 11 is 0. The first-order valence-electron chi connectivity index (χ1n) is 12.4. The molecule has 2 aromatic carbocycles. The number of likely N-dealkylation sites (tertiary alicyclic amines) is 1. The first kappa shape index (κ1) is 23.4. The topological polar surface area (TPSA) is 57.7 Å². The maximum absolute atomic E-state index is 12.6. The van der Waals surface area contributed by atoms with Crippen LogP contribution in [0.2, 0.25) is 0 Å². The number of nitrogens with zero attached hydrogens (tertiary/aromatic N) is 3. The third-order valence-electron chi connectivity index (χ3n) is 7.61. The second kappa shape index (κ2) is 9.34. The fraction of sp³-hybridized carbons (Fsp3) is 0.379. The van der Waals surface area contributed by atoms with Crippen molar-refractivity contribution in [3.63, 3.8) is 0 Å². The number of hydrogen-bond donors (Lipinski definition) is 1. The van der Waals surface area contributed by atoms with Crippen LogP contribution in [0.4, 0.5) is 16.2 Å². The molecular formula is C29H34N4O2. The van der Waals surface area contributed by atoms with Crippen LogP contribution in [0.1, 0.15) is 49.8 Å². The number of benzene rings is 2. The van der Waals surface area contributed by atoms with Crippen molar-refractivity contribution in [2.24, 2.45) is 0 Å². The number of amides is 1. The number of anilines is 2. The van der Waals surface area contributed by atoms with Gasteiger partial charge in [-0.25, -0.2) is 4.79 Å². The number of carbonyl (C=O) groups excluding carboxylic acids is 1. The number of nitrogens with one attached hydrogen (secondary N) is 1. The van der Waals surface area contributed by atoms with Gasteiger partial charge in [0.1, 0.15) is 5.75 Å². The molecule has 1 saturated heterocycles. The SMILES string of the molecule is CC(C)c1ccc(NC(=O)Oc2ccc3c(c2)[C@]2(C)CCN(CCc4cccnc4)C2N3C)cc1. The minimum atomic E-state index is -0.472. The second-order valence-electron chi connectivity index (χ2n) is 10.3. The Kier molecular flexibility index (Phi) is 6.24. The van der Waals surface area contributed by atoms with Gasteiger partial charge in [-0.3, -0.25) is 15.2 Å². The molecule has 2 aliphatic heterocycles. The van der Waals surface area contributed by atoms with E-state index in [2.05, 4.69) is 66.1 Å². The summed E-state index contributed by atoms with van der Waals surface area (Å²) in [6.45, 7) is 8.67. The van der Waals surface area contributed by atoms with Gasteiger partial charge in [-0.1, -0.05) is 39.0 Å². The van der Waals surface area contributed by atoms with Gasteiger partial charge in [0.15, 0.2) is 0 Å². The highest BCUT2D eigenvalue weighted by Gasteiger charge is 2.53. The van der Waals surface area contributed by atoms with Gasteiger partial charge in [-0.2, -0.15) is 0 Å². The molecule has 1 unspecified atom stereocenters. The zero-order valence-corrected chi connectivity index (χ0v) is 21.0. The lowest BCUT2D eigenvalue weighted by molar-refractivity contribution is 0.215. The maximum atomic E-state index is 12.6. The largest absolute Gasteiger partial charge is 0.417 e. The van der Waals surface area contributed by atoms with Crippen molar-refractivity contribution in [3.8, 4) is 5.75 Å². The Morgan fingerprint density at radius 3 is 2.71 bits per heavy atom. The molecule has 6 nitrogen and oxygen atoms in total. The third kappa shape index (κ3) is 4.50. The molecule has 2 aliphatic rings. The van der Waals surface area contributed by atoms with E-state index in [1.54, 1.807) is 0 Å². The molecule has 35 heavy (non-hydrogen) atoms. The van der Waals surface area contributed by atoms with E-state index in [4.69, 9.17) is 4.74 Å². The van der Waals surface area contributed by atoms with E-state index in [0.29, 0.717) is 11.7 Å². The average molecular weight is 471 g/mol. The van der Waals surface area contributed by atoms with Crippen molar-refractivity contribution in [1.29, 1.82) is 0 Å². The Balaban J connectivity index is 1.27. The smallest absolute Gasteiger partial charge is 0.410 e. The fourth-order valence-corrected chi connectivity index (χ4v) is 5.71. The molecule has 2 atom stereocenters. The van der Waals surface area contributed by atoms with Crippen molar-refractivity contribution < 1.29 is 9.53 Å².